The van der Waals surface area contributed by atoms with Crippen LogP contribution in [0.1, 0.15) is 42.7 Å². The molecule has 1 fully saturated rings. The number of esters is 1. The van der Waals surface area contributed by atoms with Gasteiger partial charge in [-0.3, -0.25) is 4.99 Å². The summed E-state index contributed by atoms with van der Waals surface area (Å²) in [5, 5.41) is 5.06. The van der Waals surface area contributed by atoms with Gasteiger partial charge in [0.1, 0.15) is 11.5 Å². The Hall–Kier alpha value is -3.91. The number of carbonyl (C=O) groups is 1. The van der Waals surface area contributed by atoms with Crippen molar-refractivity contribution in [3.63, 3.8) is 0 Å². The van der Waals surface area contributed by atoms with E-state index in [2.05, 4.69) is 35.5 Å². The lowest BCUT2D eigenvalue weighted by molar-refractivity contribution is -0.134. The molecule has 2 atom stereocenters. The summed E-state index contributed by atoms with van der Waals surface area (Å²) in [4.78, 5) is 27.6. The van der Waals surface area contributed by atoms with Crippen LogP contribution < -0.4 is 10.7 Å². The molecule has 38 heavy (non-hydrogen) atoms. The lowest BCUT2D eigenvalue weighted by atomic mass is 9.73. The first kappa shape index (κ1) is 24.4. The summed E-state index contributed by atoms with van der Waals surface area (Å²) in [6.07, 6.45) is 5.40. The molecule has 8 nitrogen and oxygen atoms in total. The van der Waals surface area contributed by atoms with E-state index < -0.39 is 5.97 Å². The number of hydrogen-bond donors (Lipinski definition) is 0. The third-order valence-electron chi connectivity index (χ3n) is 7.61. The number of benzene rings is 1. The fraction of sp³-hybridized carbons (Fsp3) is 0.367. The van der Waals surface area contributed by atoms with E-state index in [4.69, 9.17) is 29.0 Å². The highest BCUT2D eigenvalue weighted by atomic mass is 16.5. The fourth-order valence-electron chi connectivity index (χ4n) is 5.93. The molecular weight excluding hydrogens is 480 g/mol. The number of ether oxygens (including phenoxy) is 2. The van der Waals surface area contributed by atoms with Crippen LogP contribution in [0.25, 0.3) is 16.7 Å². The highest BCUT2D eigenvalue weighted by Crippen LogP contribution is 2.42. The lowest BCUT2D eigenvalue weighted by Crippen LogP contribution is -2.37. The number of pyridine rings is 1. The maximum Gasteiger partial charge on any atom is 0.356 e. The summed E-state index contributed by atoms with van der Waals surface area (Å²) >= 11 is 0. The summed E-state index contributed by atoms with van der Waals surface area (Å²) in [5.74, 6) is 0.676. The molecule has 0 N–H and O–H groups in total. The van der Waals surface area contributed by atoms with Crippen LogP contribution in [0.3, 0.4) is 0 Å². The van der Waals surface area contributed by atoms with Crippen LogP contribution in [0.2, 0.25) is 0 Å². The molecule has 1 saturated heterocycles. The summed E-state index contributed by atoms with van der Waals surface area (Å²) in [6.45, 7) is 7.34. The summed E-state index contributed by atoms with van der Waals surface area (Å²) in [7, 11) is 0. The first-order valence-corrected chi connectivity index (χ1v) is 13.2. The Morgan fingerprint density at radius 2 is 1.95 bits per heavy atom. The predicted octanol–water partition coefficient (Wildman–Crippen LogP) is 3.62. The molecule has 194 valence electrons. The minimum Gasteiger partial charge on any atom is -0.461 e. The number of dihydropyridines is 1. The van der Waals surface area contributed by atoms with Crippen LogP contribution in [0, 0.1) is 19.8 Å². The number of aromatic nitrogens is 2. The molecule has 0 amide bonds. The summed E-state index contributed by atoms with van der Waals surface area (Å²) < 4.78 is 16.5. The third kappa shape index (κ3) is 4.28. The van der Waals surface area contributed by atoms with Gasteiger partial charge in [-0.2, -0.15) is 0 Å². The van der Waals surface area contributed by atoms with Gasteiger partial charge in [0.15, 0.2) is 5.49 Å². The van der Waals surface area contributed by atoms with E-state index in [0.29, 0.717) is 30.3 Å². The van der Waals surface area contributed by atoms with Gasteiger partial charge in [0.2, 0.25) is 0 Å². The van der Waals surface area contributed by atoms with Gasteiger partial charge >= 0.3 is 5.97 Å². The molecule has 0 spiro atoms. The minimum absolute atomic E-state index is 0.0343. The minimum atomic E-state index is -0.432. The van der Waals surface area contributed by atoms with Gasteiger partial charge in [0.25, 0.3) is 0 Å². The highest BCUT2D eigenvalue weighted by molar-refractivity contribution is 6.42. The number of nitrogens with zero attached hydrogens (tertiary/aromatic N) is 4. The van der Waals surface area contributed by atoms with E-state index in [1.54, 1.807) is 13.0 Å². The lowest BCUT2D eigenvalue weighted by Gasteiger charge is -2.36. The number of aryl methyl sites for hydroxylation is 2. The van der Waals surface area contributed by atoms with E-state index in [0.717, 1.165) is 51.9 Å². The molecule has 0 bridgehead atoms. The first-order chi connectivity index (χ1) is 18.5. The Bertz CT molecular complexity index is 1550. The second kappa shape index (κ2) is 10.1. The smallest absolute Gasteiger partial charge is 0.356 e. The molecule has 5 heterocycles. The van der Waals surface area contributed by atoms with Crippen molar-refractivity contribution in [1.29, 1.82) is 0 Å². The number of fused-ring (bicyclic) bond motifs is 2. The van der Waals surface area contributed by atoms with E-state index in [1.165, 1.54) is 5.56 Å². The second-order valence-electron chi connectivity index (χ2n) is 9.92. The van der Waals surface area contributed by atoms with E-state index >= 15 is 0 Å². The van der Waals surface area contributed by atoms with Crippen LogP contribution in [-0.2, 0) is 14.3 Å². The first-order valence-electron chi connectivity index (χ1n) is 13.2. The molecule has 2 aromatic heterocycles. The van der Waals surface area contributed by atoms with Gasteiger partial charge < -0.3 is 14.0 Å². The van der Waals surface area contributed by atoms with Gasteiger partial charge in [0, 0.05) is 47.2 Å². The van der Waals surface area contributed by atoms with E-state index in [-0.39, 0.29) is 18.6 Å². The molecule has 3 aromatic rings. The number of hydrogen-bond acceptors (Lipinski definition) is 8. The van der Waals surface area contributed by atoms with Crippen molar-refractivity contribution in [2.75, 3.05) is 19.8 Å². The van der Waals surface area contributed by atoms with Crippen LogP contribution in [0.15, 0.2) is 68.9 Å². The average Bonchev–Trinajstić information content (AvgIpc) is 3.48. The van der Waals surface area contributed by atoms with Crippen LogP contribution in [0.4, 0.5) is 0 Å². The van der Waals surface area contributed by atoms with Gasteiger partial charge in [-0.1, -0.05) is 35.5 Å². The van der Waals surface area contributed by atoms with E-state index in [1.807, 2.05) is 26.1 Å². The van der Waals surface area contributed by atoms with Gasteiger partial charge in [0.05, 0.1) is 24.0 Å². The van der Waals surface area contributed by atoms with Crippen molar-refractivity contribution < 1.29 is 18.8 Å². The molecule has 2 unspecified atom stereocenters. The van der Waals surface area contributed by atoms with Gasteiger partial charge in [-0.25, -0.2) is 14.8 Å². The molecule has 3 aliphatic rings. The van der Waals surface area contributed by atoms with Crippen LogP contribution >= 0.6 is 0 Å². The third-order valence-corrected chi connectivity index (χ3v) is 7.61. The Balaban J connectivity index is 1.58. The number of aliphatic imine (C=N–C) groups is 1. The zero-order chi connectivity index (χ0) is 26.2. The Morgan fingerprint density at radius 3 is 2.66 bits per heavy atom. The fourth-order valence-corrected chi connectivity index (χ4v) is 5.93. The number of rotatable bonds is 6. The largest absolute Gasteiger partial charge is 0.461 e. The molecule has 1 aromatic carbocycles. The SMILES string of the molecule is CCOC(=O)C1=NC(C(c2ccccc2)C2CCOCC2)C2=c3cc(-c4c(C)noc4C)cnc3=NC2=C1. The molecule has 6 rings (SSSR count). The summed E-state index contributed by atoms with van der Waals surface area (Å²) in [6, 6.07) is 12.2. The standard InChI is InChI=1S/C30H30N4O4/c1-4-37-30(35)24-15-23-27(22-14-21(16-31-29(22)33-23)25-17(2)34-38-18(25)3)28(32-24)26(19-8-6-5-7-9-19)20-10-12-36-13-11-20/h5-9,14-16,20,26,28H,4,10-13H2,1-3H3. The molecular formula is C30H30N4O4. The van der Waals surface area contributed by atoms with Gasteiger partial charge in [-0.15, -0.1) is 0 Å². The topological polar surface area (TPSA) is 99.2 Å². The molecule has 8 heteroatoms. The van der Waals surface area contributed by atoms with Crippen molar-refractivity contribution in [2.24, 2.45) is 15.9 Å². The van der Waals surface area contributed by atoms with Crippen molar-refractivity contribution >= 4 is 17.3 Å². The van der Waals surface area contributed by atoms with Crippen LogP contribution in [0.5, 0.6) is 0 Å². The Kier molecular flexibility index (Phi) is 6.49. The van der Waals surface area contributed by atoms with Crippen molar-refractivity contribution in [3.8, 4) is 11.1 Å². The van der Waals surface area contributed by atoms with Gasteiger partial charge in [-0.05, 0) is 57.2 Å². The molecule has 0 radical (unpaired) electrons. The normalized spacial score (nSPS) is 19.7. The maximum atomic E-state index is 12.9. The molecule has 3 aliphatic heterocycles. The Labute approximate surface area is 220 Å². The molecule has 0 saturated carbocycles. The molecule has 0 aliphatic carbocycles. The monoisotopic (exact) mass is 510 g/mol. The second-order valence-corrected chi connectivity index (χ2v) is 9.92. The average molecular weight is 511 g/mol. The zero-order valence-electron chi connectivity index (χ0n) is 21.8. The summed E-state index contributed by atoms with van der Waals surface area (Å²) in [5.41, 5.74) is 6.50. The van der Waals surface area contributed by atoms with Crippen LogP contribution in [-0.4, -0.2) is 47.7 Å². The maximum absolute atomic E-state index is 12.9. The highest BCUT2D eigenvalue weighted by Gasteiger charge is 2.39. The number of carbonyl (C=O) groups excluding carboxylic acids is 1. The zero-order valence-corrected chi connectivity index (χ0v) is 21.8. The quantitative estimate of drug-likeness (QED) is 0.470. The Morgan fingerprint density at radius 1 is 1.16 bits per heavy atom. The van der Waals surface area contributed by atoms with E-state index in [9.17, 15) is 4.79 Å². The predicted molar refractivity (Wildman–Crippen MR) is 142 cm³/mol. The van der Waals surface area contributed by atoms with Crippen molar-refractivity contribution in [1.82, 2.24) is 10.1 Å². The van der Waals surface area contributed by atoms with Crippen molar-refractivity contribution in [2.45, 2.75) is 45.6 Å². The van der Waals surface area contributed by atoms with Crippen molar-refractivity contribution in [3.05, 3.63) is 82.1 Å².